The van der Waals surface area contributed by atoms with Crippen molar-refractivity contribution in [3.05, 3.63) is 30.9 Å². The van der Waals surface area contributed by atoms with Gasteiger partial charge in [-0.05, 0) is 12.1 Å². The number of pyridine rings is 1. The molecule has 2 unspecified atom stereocenters. The summed E-state index contributed by atoms with van der Waals surface area (Å²) < 4.78 is 7.18. The quantitative estimate of drug-likeness (QED) is 0.472. The predicted molar refractivity (Wildman–Crippen MR) is 86.0 cm³/mol. The number of anilines is 1. The summed E-state index contributed by atoms with van der Waals surface area (Å²) in [6, 6.07) is 3.53. The molecule has 0 bridgehead atoms. The largest absolute Gasteiger partial charge is 0.394 e. The van der Waals surface area contributed by atoms with E-state index in [9.17, 15) is 15.3 Å². The minimum absolute atomic E-state index is 0.181. The number of hydrogen-bond donors (Lipinski definition) is 4. The van der Waals surface area contributed by atoms with E-state index in [2.05, 4.69) is 19.9 Å². The Morgan fingerprint density at radius 2 is 2.08 bits per heavy atom. The first kappa shape index (κ1) is 15.8. The monoisotopic (exact) mass is 344 g/mol. The molecule has 1 aliphatic rings. The molecule has 10 nitrogen and oxygen atoms in total. The Morgan fingerprint density at radius 1 is 1.24 bits per heavy atom. The summed E-state index contributed by atoms with van der Waals surface area (Å²) in [5, 5.41) is 29.8. The van der Waals surface area contributed by atoms with Gasteiger partial charge in [-0.1, -0.05) is 0 Å². The fourth-order valence-electron chi connectivity index (χ4n) is 2.96. The molecule has 1 aliphatic heterocycles. The summed E-state index contributed by atoms with van der Waals surface area (Å²) in [4.78, 5) is 16.7. The Balaban J connectivity index is 1.94. The standard InChI is InChI=1S/C15H16N6O4/c16-12-9-14(19-6-18-12)21(13(20-9)7-2-1-3-17-4-7)15-11(24)10(23)8(5-22)25-15/h1-4,6,8,10-11,15,22-24H,5H2,(H2,16,18,19)/t8-,10?,11?,15-/m1/s1. The van der Waals surface area contributed by atoms with Crippen molar-refractivity contribution in [3.8, 4) is 11.4 Å². The molecule has 0 radical (unpaired) electrons. The van der Waals surface area contributed by atoms with Crippen LogP contribution < -0.4 is 5.73 Å². The summed E-state index contributed by atoms with van der Waals surface area (Å²) in [5.41, 5.74) is 7.24. The molecule has 4 heterocycles. The van der Waals surface area contributed by atoms with Crippen molar-refractivity contribution in [2.75, 3.05) is 12.3 Å². The lowest BCUT2D eigenvalue weighted by Crippen LogP contribution is -2.33. The lowest BCUT2D eigenvalue weighted by Gasteiger charge is -2.19. The molecule has 0 saturated carbocycles. The van der Waals surface area contributed by atoms with Gasteiger partial charge in [0.15, 0.2) is 23.2 Å². The molecule has 1 fully saturated rings. The molecular weight excluding hydrogens is 328 g/mol. The highest BCUT2D eigenvalue weighted by Gasteiger charge is 2.45. The van der Waals surface area contributed by atoms with Crippen molar-refractivity contribution in [1.29, 1.82) is 0 Å². The second-order valence-corrected chi connectivity index (χ2v) is 5.71. The normalized spacial score (nSPS) is 26.4. The highest BCUT2D eigenvalue weighted by atomic mass is 16.6. The third-order valence-electron chi connectivity index (χ3n) is 4.20. The Labute approximate surface area is 141 Å². The number of aliphatic hydroxyl groups excluding tert-OH is 3. The topological polar surface area (TPSA) is 152 Å². The zero-order valence-corrected chi connectivity index (χ0v) is 13.0. The third-order valence-corrected chi connectivity index (χ3v) is 4.20. The van der Waals surface area contributed by atoms with Gasteiger partial charge in [-0.3, -0.25) is 9.55 Å². The average molecular weight is 344 g/mol. The van der Waals surface area contributed by atoms with Gasteiger partial charge in [-0.2, -0.15) is 0 Å². The zero-order valence-electron chi connectivity index (χ0n) is 13.0. The fourth-order valence-corrected chi connectivity index (χ4v) is 2.96. The molecule has 10 heteroatoms. The number of aliphatic hydroxyl groups is 3. The van der Waals surface area contributed by atoms with Gasteiger partial charge in [-0.25, -0.2) is 15.0 Å². The molecule has 0 amide bonds. The van der Waals surface area contributed by atoms with Crippen LogP contribution in [0.3, 0.4) is 0 Å². The van der Waals surface area contributed by atoms with Gasteiger partial charge in [0.05, 0.1) is 6.61 Å². The number of nitrogens with two attached hydrogens (primary N) is 1. The number of fused-ring (bicyclic) bond motifs is 1. The van der Waals surface area contributed by atoms with E-state index < -0.39 is 31.1 Å². The first-order chi connectivity index (χ1) is 12.1. The van der Waals surface area contributed by atoms with E-state index >= 15 is 0 Å². The van der Waals surface area contributed by atoms with E-state index in [4.69, 9.17) is 10.5 Å². The van der Waals surface area contributed by atoms with Crippen molar-refractivity contribution in [2.45, 2.75) is 24.5 Å². The van der Waals surface area contributed by atoms with Gasteiger partial charge in [0, 0.05) is 18.0 Å². The van der Waals surface area contributed by atoms with Crippen molar-refractivity contribution in [3.63, 3.8) is 0 Å². The minimum atomic E-state index is -1.28. The Kier molecular flexibility index (Phi) is 3.81. The molecular formula is C15H16N6O4. The lowest BCUT2D eigenvalue weighted by atomic mass is 10.1. The summed E-state index contributed by atoms with van der Waals surface area (Å²) in [5.74, 6) is 0.589. The van der Waals surface area contributed by atoms with Crippen LogP contribution in [-0.2, 0) is 4.74 Å². The first-order valence-corrected chi connectivity index (χ1v) is 7.63. The van der Waals surface area contributed by atoms with Gasteiger partial charge in [0.1, 0.15) is 30.5 Å². The van der Waals surface area contributed by atoms with Crippen molar-refractivity contribution >= 4 is 17.0 Å². The average Bonchev–Trinajstić information content (AvgIpc) is 3.15. The number of nitrogens with zero attached hydrogens (tertiary/aromatic N) is 5. The Bertz CT molecular complexity index is 902. The van der Waals surface area contributed by atoms with Crippen LogP contribution in [0, 0.1) is 0 Å². The second-order valence-electron chi connectivity index (χ2n) is 5.71. The molecule has 3 aromatic rings. The van der Waals surface area contributed by atoms with Crippen LogP contribution in [0.1, 0.15) is 6.23 Å². The maximum Gasteiger partial charge on any atom is 0.168 e. The molecule has 0 aromatic carbocycles. The van der Waals surface area contributed by atoms with E-state index in [1.54, 1.807) is 24.5 Å². The third kappa shape index (κ3) is 2.43. The predicted octanol–water partition coefficient (Wildman–Crippen LogP) is -0.918. The van der Waals surface area contributed by atoms with Crippen LogP contribution in [0.25, 0.3) is 22.6 Å². The summed E-state index contributed by atoms with van der Waals surface area (Å²) in [6.07, 6.45) is 0.0683. The molecule has 130 valence electrons. The zero-order chi connectivity index (χ0) is 17.6. The van der Waals surface area contributed by atoms with Gasteiger partial charge in [-0.15, -0.1) is 0 Å². The van der Waals surface area contributed by atoms with Crippen molar-refractivity contribution in [2.24, 2.45) is 0 Å². The Morgan fingerprint density at radius 3 is 2.76 bits per heavy atom. The van der Waals surface area contributed by atoms with Crippen LogP contribution in [0.5, 0.6) is 0 Å². The lowest BCUT2D eigenvalue weighted by molar-refractivity contribution is -0.0503. The molecule has 25 heavy (non-hydrogen) atoms. The number of ether oxygens (including phenoxy) is 1. The molecule has 5 N–H and O–H groups in total. The molecule has 0 spiro atoms. The van der Waals surface area contributed by atoms with E-state index in [0.717, 1.165) is 0 Å². The number of imidazole rings is 1. The summed E-state index contributed by atoms with van der Waals surface area (Å²) >= 11 is 0. The van der Waals surface area contributed by atoms with Gasteiger partial charge < -0.3 is 25.8 Å². The van der Waals surface area contributed by atoms with E-state index in [1.807, 2.05) is 0 Å². The van der Waals surface area contributed by atoms with E-state index in [0.29, 0.717) is 22.6 Å². The van der Waals surface area contributed by atoms with Crippen LogP contribution in [0.4, 0.5) is 5.82 Å². The molecule has 3 aromatic heterocycles. The van der Waals surface area contributed by atoms with Crippen molar-refractivity contribution in [1.82, 2.24) is 24.5 Å². The molecule has 0 aliphatic carbocycles. The second kappa shape index (κ2) is 6.01. The molecule has 4 atom stereocenters. The highest BCUT2D eigenvalue weighted by molar-refractivity contribution is 5.85. The molecule has 1 saturated heterocycles. The van der Waals surface area contributed by atoms with Gasteiger partial charge in [0.2, 0.25) is 0 Å². The SMILES string of the molecule is Nc1ncnc2c1nc(-c1cccnc1)n2[C@@H]1O[C@H](CO)C(O)C1O. The smallest absolute Gasteiger partial charge is 0.168 e. The highest BCUT2D eigenvalue weighted by Crippen LogP contribution is 2.36. The molecule has 4 rings (SSSR count). The summed E-state index contributed by atoms with van der Waals surface area (Å²) in [7, 11) is 0. The van der Waals surface area contributed by atoms with Crippen LogP contribution >= 0.6 is 0 Å². The van der Waals surface area contributed by atoms with Crippen molar-refractivity contribution < 1.29 is 20.1 Å². The number of hydrogen-bond acceptors (Lipinski definition) is 9. The summed E-state index contributed by atoms with van der Waals surface area (Å²) in [6.45, 7) is -0.430. The first-order valence-electron chi connectivity index (χ1n) is 7.63. The van der Waals surface area contributed by atoms with Crippen LogP contribution in [0.15, 0.2) is 30.9 Å². The van der Waals surface area contributed by atoms with E-state index in [1.165, 1.54) is 10.9 Å². The van der Waals surface area contributed by atoms with E-state index in [-0.39, 0.29) is 5.82 Å². The van der Waals surface area contributed by atoms with Crippen LogP contribution in [0.2, 0.25) is 0 Å². The maximum atomic E-state index is 10.4. The fraction of sp³-hybridized carbons (Fsp3) is 0.333. The van der Waals surface area contributed by atoms with Crippen LogP contribution in [-0.4, -0.2) is 64.7 Å². The van der Waals surface area contributed by atoms with Gasteiger partial charge >= 0.3 is 0 Å². The minimum Gasteiger partial charge on any atom is -0.394 e. The maximum absolute atomic E-state index is 10.4. The number of nitrogen functional groups attached to an aromatic ring is 1. The number of aromatic nitrogens is 5. The Hall–Kier alpha value is -2.66. The van der Waals surface area contributed by atoms with Gasteiger partial charge in [0.25, 0.3) is 0 Å². The number of rotatable bonds is 3.